The van der Waals surface area contributed by atoms with Crippen LogP contribution in [0.1, 0.15) is 5.56 Å². The van der Waals surface area contributed by atoms with Gasteiger partial charge < -0.3 is 5.32 Å². The fraction of sp³-hybridized carbons (Fsp3) is 0.250. The quantitative estimate of drug-likeness (QED) is 0.640. The lowest BCUT2D eigenvalue weighted by molar-refractivity contribution is -0.772. The Kier molecular flexibility index (Phi) is 5.05. The van der Waals surface area contributed by atoms with Gasteiger partial charge in [0.1, 0.15) is 0 Å². The standard InChI is InChI=1S/C12H9ClF3N3O3S/c1-19-10(11(21)22-18-19)23-5-9(20)17-8-3-2-6(13)4-7(8)12(14,15)16/h2-4H,5H2,1H3,(H-,17,18,20,21)/p+1. The molecular formula is C12H10ClF3N3O3S+. The molecule has 1 aromatic carbocycles. The maximum atomic E-state index is 12.9. The molecule has 2 rings (SSSR count). The van der Waals surface area contributed by atoms with Crippen LogP contribution < -0.4 is 15.6 Å². The van der Waals surface area contributed by atoms with Gasteiger partial charge in [-0.15, -0.1) is 0 Å². The molecule has 1 amide bonds. The molecule has 124 valence electrons. The zero-order valence-electron chi connectivity index (χ0n) is 11.5. The fourth-order valence-corrected chi connectivity index (χ4v) is 2.57. The Labute approximate surface area is 136 Å². The van der Waals surface area contributed by atoms with Gasteiger partial charge >= 0.3 is 16.8 Å². The Balaban J connectivity index is 2.10. The lowest BCUT2D eigenvalue weighted by atomic mass is 10.1. The minimum Gasteiger partial charge on any atom is -0.325 e. The van der Waals surface area contributed by atoms with Gasteiger partial charge in [-0.05, 0) is 35.2 Å². The summed E-state index contributed by atoms with van der Waals surface area (Å²) in [6.45, 7) is 0. The average molecular weight is 369 g/mol. The molecule has 0 unspecified atom stereocenters. The molecule has 1 aromatic heterocycles. The van der Waals surface area contributed by atoms with Gasteiger partial charge in [-0.2, -0.15) is 13.2 Å². The maximum Gasteiger partial charge on any atom is 0.441 e. The number of hydrogen-bond donors (Lipinski definition) is 2. The van der Waals surface area contributed by atoms with Crippen molar-refractivity contribution in [2.75, 3.05) is 11.1 Å². The Morgan fingerprint density at radius 3 is 2.74 bits per heavy atom. The number of nitrogens with zero attached hydrogens (tertiary/aromatic N) is 1. The summed E-state index contributed by atoms with van der Waals surface area (Å²) in [5.41, 5.74) is -2.12. The van der Waals surface area contributed by atoms with Crippen LogP contribution in [0.5, 0.6) is 0 Å². The topological polar surface area (TPSA) is 79.0 Å². The number of H-pyrrole nitrogens is 1. The van der Waals surface area contributed by atoms with Crippen LogP contribution in [-0.2, 0) is 18.0 Å². The molecule has 6 nitrogen and oxygen atoms in total. The van der Waals surface area contributed by atoms with Crippen LogP contribution in [0.3, 0.4) is 0 Å². The number of aromatic nitrogens is 2. The minimum atomic E-state index is -4.66. The van der Waals surface area contributed by atoms with Crippen molar-refractivity contribution in [3.8, 4) is 0 Å². The molecule has 0 aliphatic carbocycles. The second-order valence-electron chi connectivity index (χ2n) is 4.37. The van der Waals surface area contributed by atoms with E-state index in [9.17, 15) is 22.8 Å². The van der Waals surface area contributed by atoms with Gasteiger partial charge in [0.05, 0.1) is 17.0 Å². The first kappa shape index (κ1) is 17.4. The molecule has 0 atom stereocenters. The van der Waals surface area contributed by atoms with Crippen LogP contribution in [0.2, 0.25) is 5.02 Å². The van der Waals surface area contributed by atoms with Crippen molar-refractivity contribution in [3.63, 3.8) is 0 Å². The summed E-state index contributed by atoms with van der Waals surface area (Å²) < 4.78 is 44.5. The van der Waals surface area contributed by atoms with Gasteiger partial charge in [0.15, 0.2) is 7.05 Å². The predicted molar refractivity (Wildman–Crippen MR) is 76.3 cm³/mol. The molecular weight excluding hydrogens is 359 g/mol. The number of nitrogens with one attached hydrogen (secondary N) is 2. The lowest BCUT2D eigenvalue weighted by Gasteiger charge is -2.13. The van der Waals surface area contributed by atoms with E-state index < -0.39 is 29.0 Å². The number of thioether (sulfide) groups is 1. The Morgan fingerprint density at radius 2 is 2.17 bits per heavy atom. The van der Waals surface area contributed by atoms with E-state index in [-0.39, 0.29) is 15.8 Å². The lowest BCUT2D eigenvalue weighted by Crippen LogP contribution is -2.34. The highest BCUT2D eigenvalue weighted by molar-refractivity contribution is 7.99. The van der Waals surface area contributed by atoms with Crippen LogP contribution >= 0.6 is 23.4 Å². The van der Waals surface area contributed by atoms with E-state index in [4.69, 9.17) is 11.6 Å². The number of benzene rings is 1. The highest BCUT2D eigenvalue weighted by Gasteiger charge is 2.34. The number of aromatic amines is 1. The normalized spacial score (nSPS) is 11.5. The van der Waals surface area contributed by atoms with Crippen LogP contribution in [0.25, 0.3) is 0 Å². The van der Waals surface area contributed by atoms with Crippen molar-refractivity contribution >= 4 is 35.0 Å². The first-order valence-corrected chi connectivity index (χ1v) is 7.41. The number of amides is 1. The number of aryl methyl sites for hydroxylation is 1. The van der Waals surface area contributed by atoms with Crippen LogP contribution in [-0.4, -0.2) is 16.9 Å². The summed E-state index contributed by atoms with van der Waals surface area (Å²) >= 11 is 6.39. The molecule has 2 N–H and O–H groups in total. The van der Waals surface area contributed by atoms with Crippen LogP contribution in [0.15, 0.2) is 32.5 Å². The summed E-state index contributed by atoms with van der Waals surface area (Å²) in [6.07, 6.45) is -4.66. The Hall–Kier alpha value is -1.94. The van der Waals surface area contributed by atoms with E-state index in [1.807, 2.05) is 0 Å². The van der Waals surface area contributed by atoms with Crippen molar-refractivity contribution in [1.82, 2.24) is 5.27 Å². The largest absolute Gasteiger partial charge is 0.441 e. The van der Waals surface area contributed by atoms with Crippen molar-refractivity contribution < 1.29 is 27.2 Å². The number of anilines is 1. The molecule has 0 spiro atoms. The molecule has 23 heavy (non-hydrogen) atoms. The van der Waals surface area contributed by atoms with Gasteiger partial charge in [0.25, 0.3) is 0 Å². The van der Waals surface area contributed by atoms with Gasteiger partial charge in [-0.1, -0.05) is 16.3 Å². The summed E-state index contributed by atoms with van der Waals surface area (Å²) in [5, 5.41) is 4.44. The van der Waals surface area contributed by atoms with Crippen LogP contribution in [0.4, 0.5) is 18.9 Å². The first-order valence-electron chi connectivity index (χ1n) is 6.05. The molecule has 0 fully saturated rings. The molecule has 0 aliphatic heterocycles. The summed E-state index contributed by atoms with van der Waals surface area (Å²) in [7, 11) is 1.49. The van der Waals surface area contributed by atoms with Crippen molar-refractivity contribution in [1.29, 1.82) is 0 Å². The number of rotatable bonds is 4. The van der Waals surface area contributed by atoms with Crippen molar-refractivity contribution in [3.05, 3.63) is 39.2 Å². The molecule has 11 heteroatoms. The number of hydrogen-bond acceptors (Lipinski definition) is 4. The smallest absolute Gasteiger partial charge is 0.325 e. The third-order valence-electron chi connectivity index (χ3n) is 2.66. The highest BCUT2D eigenvalue weighted by Crippen LogP contribution is 2.36. The predicted octanol–water partition coefficient (Wildman–Crippen LogP) is 2.20. The van der Waals surface area contributed by atoms with Crippen molar-refractivity contribution in [2.24, 2.45) is 7.05 Å². The van der Waals surface area contributed by atoms with E-state index in [0.29, 0.717) is 0 Å². The van der Waals surface area contributed by atoms with E-state index in [1.165, 1.54) is 17.8 Å². The summed E-state index contributed by atoms with van der Waals surface area (Å²) in [5.74, 6) is -0.973. The van der Waals surface area contributed by atoms with Crippen molar-refractivity contribution in [2.45, 2.75) is 11.2 Å². The van der Waals surface area contributed by atoms with Gasteiger partial charge in [-0.25, -0.2) is 4.79 Å². The molecule has 1 heterocycles. The fourth-order valence-electron chi connectivity index (χ4n) is 1.67. The molecule has 0 bridgehead atoms. The third kappa shape index (κ3) is 4.29. The second kappa shape index (κ2) is 6.67. The number of alkyl halides is 3. The van der Waals surface area contributed by atoms with E-state index in [0.717, 1.165) is 23.9 Å². The molecule has 0 saturated carbocycles. The molecule has 0 aliphatic rings. The third-order valence-corrected chi connectivity index (χ3v) is 4.01. The Morgan fingerprint density at radius 1 is 1.48 bits per heavy atom. The average Bonchev–Trinajstić information content (AvgIpc) is 2.77. The van der Waals surface area contributed by atoms with Gasteiger partial charge in [0, 0.05) is 5.02 Å². The number of carbonyl (C=O) groups is 1. The van der Waals surface area contributed by atoms with E-state index in [1.54, 1.807) is 0 Å². The summed E-state index contributed by atoms with van der Waals surface area (Å²) in [6, 6.07) is 3.03. The monoisotopic (exact) mass is 368 g/mol. The van der Waals surface area contributed by atoms with E-state index in [2.05, 4.69) is 15.1 Å². The minimum absolute atomic E-state index is 0.0957. The number of halogens is 4. The summed E-state index contributed by atoms with van der Waals surface area (Å²) in [4.78, 5) is 23.1. The molecule has 2 aromatic rings. The van der Waals surface area contributed by atoms with Crippen LogP contribution in [0, 0.1) is 0 Å². The van der Waals surface area contributed by atoms with E-state index >= 15 is 0 Å². The van der Waals surface area contributed by atoms with Gasteiger partial charge in [0.2, 0.25) is 5.91 Å². The first-order chi connectivity index (χ1) is 10.7. The SMILES string of the molecule is C[n+]1[nH]oc(=O)c1SCC(=O)Nc1ccc(Cl)cc1C(F)(F)F. The maximum absolute atomic E-state index is 12.9. The molecule has 0 saturated heterocycles. The molecule has 0 radical (unpaired) electrons. The highest BCUT2D eigenvalue weighted by atomic mass is 35.5. The zero-order chi connectivity index (χ0) is 17.2. The van der Waals surface area contributed by atoms with Gasteiger partial charge in [-0.3, -0.25) is 9.32 Å². The second-order valence-corrected chi connectivity index (χ2v) is 5.77. The zero-order valence-corrected chi connectivity index (χ0v) is 13.1. The Bertz CT molecular complexity index is 788. The number of carbonyl (C=O) groups excluding carboxylic acids is 1.